The molecule has 0 saturated carbocycles. The van der Waals surface area contributed by atoms with E-state index in [9.17, 15) is 0 Å². The molecule has 2 aromatic carbocycles. The maximum Gasteiger partial charge on any atom is 0.138 e. The average Bonchev–Trinajstić information content (AvgIpc) is 2.44. The molecule has 0 aliphatic heterocycles. The molecular formula is C16H13BrN2O. The smallest absolute Gasteiger partial charge is 0.138 e. The van der Waals surface area contributed by atoms with Gasteiger partial charge in [0.15, 0.2) is 0 Å². The number of ether oxygens (including phenoxy) is 1. The second-order valence-corrected chi connectivity index (χ2v) is 5.48. The fraction of sp³-hybridized carbons (Fsp3) is 0.0625. The Morgan fingerprint density at radius 3 is 2.80 bits per heavy atom. The number of benzene rings is 2. The standard InChI is InChI=1S/C16H13BrN2O/c1-10-5-6-11(17)9-15(10)20-14-7-8-19-16-12(14)3-2-4-13(16)18/h2-9H,18H2,1H3. The number of hydrogen-bond acceptors (Lipinski definition) is 3. The van der Waals surface area contributed by atoms with E-state index < -0.39 is 0 Å². The van der Waals surface area contributed by atoms with Gasteiger partial charge in [0.25, 0.3) is 0 Å². The number of halogens is 1. The molecule has 20 heavy (non-hydrogen) atoms. The predicted molar refractivity (Wildman–Crippen MR) is 85.1 cm³/mol. The van der Waals surface area contributed by atoms with Crippen molar-refractivity contribution in [1.29, 1.82) is 0 Å². The van der Waals surface area contributed by atoms with Crippen molar-refractivity contribution < 1.29 is 4.74 Å². The van der Waals surface area contributed by atoms with E-state index in [0.29, 0.717) is 5.69 Å². The van der Waals surface area contributed by atoms with Crippen LogP contribution in [0.1, 0.15) is 5.56 Å². The molecule has 3 aromatic rings. The monoisotopic (exact) mass is 328 g/mol. The highest BCUT2D eigenvalue weighted by Gasteiger charge is 2.08. The number of hydrogen-bond donors (Lipinski definition) is 1. The number of rotatable bonds is 2. The van der Waals surface area contributed by atoms with Gasteiger partial charge in [0.05, 0.1) is 11.2 Å². The Balaban J connectivity index is 2.11. The number of pyridine rings is 1. The molecular weight excluding hydrogens is 316 g/mol. The maximum atomic E-state index is 6.03. The summed E-state index contributed by atoms with van der Waals surface area (Å²) in [6.07, 6.45) is 1.71. The first kappa shape index (κ1) is 12.9. The molecule has 3 nitrogen and oxygen atoms in total. The summed E-state index contributed by atoms with van der Waals surface area (Å²) in [6, 6.07) is 13.5. The minimum absolute atomic E-state index is 0.652. The number of fused-ring (bicyclic) bond motifs is 1. The molecule has 0 aliphatic rings. The Kier molecular flexibility index (Phi) is 3.32. The van der Waals surface area contributed by atoms with Gasteiger partial charge >= 0.3 is 0 Å². The average molecular weight is 329 g/mol. The minimum Gasteiger partial charge on any atom is -0.456 e. The van der Waals surface area contributed by atoms with Crippen LogP contribution >= 0.6 is 15.9 Å². The zero-order valence-corrected chi connectivity index (χ0v) is 12.5. The van der Waals surface area contributed by atoms with Gasteiger partial charge < -0.3 is 10.5 Å². The van der Waals surface area contributed by atoms with Crippen molar-refractivity contribution in [3.8, 4) is 11.5 Å². The molecule has 100 valence electrons. The summed E-state index contributed by atoms with van der Waals surface area (Å²) in [7, 11) is 0. The minimum atomic E-state index is 0.652. The molecule has 0 bridgehead atoms. The molecule has 1 heterocycles. The van der Waals surface area contributed by atoms with Crippen LogP contribution in [0.4, 0.5) is 5.69 Å². The molecule has 1 aromatic heterocycles. The number of aryl methyl sites for hydroxylation is 1. The van der Waals surface area contributed by atoms with Gasteiger partial charge in [-0.05, 0) is 42.8 Å². The Bertz CT molecular complexity index is 787. The summed E-state index contributed by atoms with van der Waals surface area (Å²) in [6.45, 7) is 2.01. The van der Waals surface area contributed by atoms with E-state index in [1.807, 2.05) is 49.4 Å². The number of nitrogens with zero attached hydrogens (tertiary/aromatic N) is 1. The largest absolute Gasteiger partial charge is 0.456 e. The highest BCUT2D eigenvalue weighted by atomic mass is 79.9. The number of nitrogens with two attached hydrogens (primary N) is 1. The van der Waals surface area contributed by atoms with Crippen molar-refractivity contribution in [1.82, 2.24) is 4.98 Å². The van der Waals surface area contributed by atoms with Crippen molar-refractivity contribution in [2.45, 2.75) is 6.92 Å². The van der Waals surface area contributed by atoms with Gasteiger partial charge in [-0.1, -0.05) is 28.1 Å². The van der Waals surface area contributed by atoms with E-state index in [1.165, 1.54) is 0 Å². The lowest BCUT2D eigenvalue weighted by Crippen LogP contribution is -1.93. The van der Waals surface area contributed by atoms with Gasteiger partial charge in [-0.25, -0.2) is 0 Å². The number of para-hydroxylation sites is 1. The van der Waals surface area contributed by atoms with Gasteiger partial charge in [-0.2, -0.15) is 0 Å². The van der Waals surface area contributed by atoms with Gasteiger partial charge in [0, 0.05) is 16.1 Å². The zero-order valence-electron chi connectivity index (χ0n) is 10.9. The summed E-state index contributed by atoms with van der Waals surface area (Å²) >= 11 is 3.46. The van der Waals surface area contributed by atoms with E-state index in [2.05, 4.69) is 20.9 Å². The molecule has 0 spiro atoms. The first-order valence-electron chi connectivity index (χ1n) is 6.22. The van der Waals surface area contributed by atoms with Gasteiger partial charge in [0.1, 0.15) is 11.5 Å². The lowest BCUT2D eigenvalue weighted by Gasteiger charge is -2.11. The van der Waals surface area contributed by atoms with Crippen molar-refractivity contribution in [2.75, 3.05) is 5.73 Å². The highest BCUT2D eigenvalue weighted by Crippen LogP contribution is 2.33. The number of nitrogen functional groups attached to an aromatic ring is 1. The molecule has 0 aliphatic carbocycles. The van der Waals surface area contributed by atoms with Gasteiger partial charge in [-0.3, -0.25) is 4.98 Å². The van der Waals surface area contributed by atoms with Crippen LogP contribution in [0.15, 0.2) is 53.1 Å². The lowest BCUT2D eigenvalue weighted by molar-refractivity contribution is 0.483. The molecule has 0 atom stereocenters. The molecule has 0 radical (unpaired) electrons. The first-order valence-corrected chi connectivity index (χ1v) is 7.01. The fourth-order valence-electron chi connectivity index (χ4n) is 2.06. The Morgan fingerprint density at radius 1 is 1.10 bits per heavy atom. The molecule has 0 amide bonds. The van der Waals surface area contributed by atoms with Crippen molar-refractivity contribution in [3.63, 3.8) is 0 Å². The van der Waals surface area contributed by atoms with Gasteiger partial charge in [-0.15, -0.1) is 0 Å². The third-order valence-electron chi connectivity index (χ3n) is 3.13. The summed E-state index contributed by atoms with van der Waals surface area (Å²) in [5.74, 6) is 1.57. The maximum absolute atomic E-state index is 6.03. The van der Waals surface area contributed by atoms with E-state index >= 15 is 0 Å². The van der Waals surface area contributed by atoms with Crippen molar-refractivity contribution in [3.05, 3.63) is 58.7 Å². The van der Waals surface area contributed by atoms with Crippen LogP contribution in [0, 0.1) is 6.92 Å². The van der Waals surface area contributed by atoms with E-state index in [1.54, 1.807) is 6.20 Å². The summed E-state index contributed by atoms with van der Waals surface area (Å²) in [5.41, 5.74) is 8.43. The predicted octanol–water partition coefficient (Wildman–Crippen LogP) is 4.68. The molecule has 0 saturated heterocycles. The van der Waals surface area contributed by atoms with Crippen LogP contribution in [-0.4, -0.2) is 4.98 Å². The SMILES string of the molecule is Cc1ccc(Br)cc1Oc1ccnc2c(N)cccc12. The summed E-state index contributed by atoms with van der Waals surface area (Å²) in [5, 5.41) is 0.909. The molecule has 4 heteroatoms. The molecule has 0 fully saturated rings. The fourth-order valence-corrected chi connectivity index (χ4v) is 2.40. The summed E-state index contributed by atoms with van der Waals surface area (Å²) in [4.78, 5) is 4.31. The topological polar surface area (TPSA) is 48.1 Å². The van der Waals surface area contributed by atoms with Crippen LogP contribution < -0.4 is 10.5 Å². The number of anilines is 1. The molecule has 2 N–H and O–H groups in total. The summed E-state index contributed by atoms with van der Waals surface area (Å²) < 4.78 is 7.02. The van der Waals surface area contributed by atoms with Gasteiger partial charge in [0.2, 0.25) is 0 Å². The highest BCUT2D eigenvalue weighted by molar-refractivity contribution is 9.10. The quantitative estimate of drug-likeness (QED) is 0.695. The Morgan fingerprint density at radius 2 is 1.95 bits per heavy atom. The van der Waals surface area contributed by atoms with Crippen LogP contribution in [0.25, 0.3) is 10.9 Å². The Labute approximate surface area is 125 Å². The second kappa shape index (κ2) is 5.13. The third kappa shape index (κ3) is 2.34. The van der Waals surface area contributed by atoms with Crippen LogP contribution in [0.5, 0.6) is 11.5 Å². The van der Waals surface area contributed by atoms with Crippen LogP contribution in [0.2, 0.25) is 0 Å². The zero-order chi connectivity index (χ0) is 14.1. The molecule has 3 rings (SSSR count). The first-order chi connectivity index (χ1) is 9.65. The number of aromatic nitrogens is 1. The van der Waals surface area contributed by atoms with E-state index in [4.69, 9.17) is 10.5 Å². The van der Waals surface area contributed by atoms with Crippen LogP contribution in [-0.2, 0) is 0 Å². The Hall–Kier alpha value is -2.07. The van der Waals surface area contributed by atoms with E-state index in [-0.39, 0.29) is 0 Å². The molecule has 0 unspecified atom stereocenters. The van der Waals surface area contributed by atoms with Crippen LogP contribution in [0.3, 0.4) is 0 Å². The second-order valence-electron chi connectivity index (χ2n) is 4.56. The third-order valence-corrected chi connectivity index (χ3v) is 3.63. The van der Waals surface area contributed by atoms with Crippen molar-refractivity contribution >= 4 is 32.5 Å². The normalized spacial score (nSPS) is 10.7. The van der Waals surface area contributed by atoms with E-state index in [0.717, 1.165) is 32.4 Å². The lowest BCUT2D eigenvalue weighted by atomic mass is 10.1. The van der Waals surface area contributed by atoms with Crippen molar-refractivity contribution in [2.24, 2.45) is 0 Å².